The number of nitrogens with zero attached hydrogens (tertiary/aromatic N) is 3. The van der Waals surface area contributed by atoms with Gasteiger partial charge >= 0.3 is 18.3 Å². The van der Waals surface area contributed by atoms with Gasteiger partial charge in [-0.3, -0.25) is 9.80 Å². The third-order valence-corrected chi connectivity index (χ3v) is 4.99. The number of benzene rings is 1. The van der Waals surface area contributed by atoms with E-state index in [1.165, 1.54) is 12.0 Å². The number of carbonyl (C=O) groups excluding carboxylic acids is 3. The van der Waals surface area contributed by atoms with Gasteiger partial charge in [0.05, 0.1) is 38.1 Å². The summed E-state index contributed by atoms with van der Waals surface area (Å²) >= 11 is 0. The molecule has 0 aromatic heterocycles. The lowest BCUT2D eigenvalue weighted by molar-refractivity contribution is -0.00598. The number of carbonyl (C=O) groups is 3. The molecule has 1 N–H and O–H groups in total. The van der Waals surface area contributed by atoms with Crippen molar-refractivity contribution in [3.05, 3.63) is 24.3 Å². The van der Waals surface area contributed by atoms with E-state index in [1.54, 1.807) is 49.9 Å². The van der Waals surface area contributed by atoms with Crippen LogP contribution in [0.15, 0.2) is 24.3 Å². The second kappa shape index (κ2) is 9.49. The quantitative estimate of drug-likeness (QED) is 0.554. The molecule has 0 saturated carbocycles. The summed E-state index contributed by atoms with van der Waals surface area (Å²) in [6, 6.07) is 7.11. The monoisotopic (exact) mass is 452 g/mol. The van der Waals surface area contributed by atoms with Gasteiger partial charge in [0.1, 0.15) is 11.7 Å². The molecular formula is C21H29FN4O6. The Morgan fingerprint density at radius 2 is 1.88 bits per heavy atom. The fraction of sp³-hybridized carbons (Fsp3) is 0.571. The van der Waals surface area contributed by atoms with Gasteiger partial charge in [0, 0.05) is 13.1 Å². The van der Waals surface area contributed by atoms with Crippen molar-refractivity contribution in [2.45, 2.75) is 38.8 Å². The maximum Gasteiger partial charge on any atom is 0.414 e. The molecule has 2 aliphatic rings. The van der Waals surface area contributed by atoms with Crippen molar-refractivity contribution < 1.29 is 33.0 Å². The third-order valence-electron chi connectivity index (χ3n) is 4.99. The van der Waals surface area contributed by atoms with Crippen LogP contribution in [0.3, 0.4) is 0 Å². The molecule has 3 rings (SSSR count). The zero-order valence-electron chi connectivity index (χ0n) is 18.7. The highest BCUT2D eigenvalue weighted by atomic mass is 19.1. The van der Waals surface area contributed by atoms with Crippen LogP contribution in [0.5, 0.6) is 0 Å². The molecule has 2 aliphatic heterocycles. The Balaban J connectivity index is 1.69. The summed E-state index contributed by atoms with van der Waals surface area (Å²) in [5.41, 5.74) is 0.504. The van der Waals surface area contributed by atoms with Crippen LogP contribution in [0.1, 0.15) is 20.8 Å². The van der Waals surface area contributed by atoms with Crippen molar-refractivity contribution >= 4 is 29.7 Å². The molecule has 2 saturated heterocycles. The average molecular weight is 452 g/mol. The highest BCUT2D eigenvalue weighted by Gasteiger charge is 2.37. The number of piperazine rings is 1. The SMILES string of the molecule is COC(=O)NCC1CN(c2ccccc2N2CCN(C(=O)OC(C)(C)C)[C@@H](F)C2)C(=O)O1. The zero-order valence-corrected chi connectivity index (χ0v) is 18.7. The van der Waals surface area contributed by atoms with Crippen molar-refractivity contribution in [1.82, 2.24) is 10.2 Å². The number of anilines is 2. The molecule has 176 valence electrons. The Morgan fingerprint density at radius 3 is 2.50 bits per heavy atom. The predicted octanol–water partition coefficient (Wildman–Crippen LogP) is 2.72. The number of hydrogen-bond acceptors (Lipinski definition) is 7. The summed E-state index contributed by atoms with van der Waals surface area (Å²) in [6.45, 7) is 5.96. The van der Waals surface area contributed by atoms with E-state index >= 15 is 0 Å². The predicted molar refractivity (Wildman–Crippen MR) is 115 cm³/mol. The Morgan fingerprint density at radius 1 is 1.19 bits per heavy atom. The van der Waals surface area contributed by atoms with E-state index in [2.05, 4.69) is 10.1 Å². The van der Waals surface area contributed by atoms with E-state index in [4.69, 9.17) is 9.47 Å². The summed E-state index contributed by atoms with van der Waals surface area (Å²) in [5.74, 6) is 0. The van der Waals surface area contributed by atoms with Gasteiger partial charge in [0.15, 0.2) is 6.30 Å². The summed E-state index contributed by atoms with van der Waals surface area (Å²) in [7, 11) is 1.25. The summed E-state index contributed by atoms with van der Waals surface area (Å²) in [5, 5.41) is 2.51. The van der Waals surface area contributed by atoms with Crippen molar-refractivity contribution in [3.8, 4) is 0 Å². The van der Waals surface area contributed by atoms with E-state index in [0.29, 0.717) is 17.9 Å². The van der Waals surface area contributed by atoms with Gasteiger partial charge in [-0.05, 0) is 32.9 Å². The van der Waals surface area contributed by atoms with Gasteiger partial charge < -0.3 is 24.4 Å². The molecule has 2 fully saturated rings. The second-order valence-corrected chi connectivity index (χ2v) is 8.53. The highest BCUT2D eigenvalue weighted by molar-refractivity contribution is 5.94. The number of cyclic esters (lactones) is 1. The van der Waals surface area contributed by atoms with E-state index in [9.17, 15) is 18.8 Å². The number of para-hydroxylation sites is 2. The topological polar surface area (TPSA) is 101 Å². The van der Waals surface area contributed by atoms with Crippen LogP contribution in [-0.2, 0) is 14.2 Å². The largest absolute Gasteiger partial charge is 0.453 e. The number of alkyl carbamates (subject to hydrolysis) is 1. The molecule has 2 heterocycles. The van der Waals surface area contributed by atoms with E-state index in [0.717, 1.165) is 4.90 Å². The number of hydrogen-bond donors (Lipinski definition) is 1. The molecule has 11 heteroatoms. The molecule has 0 radical (unpaired) electrons. The number of ether oxygens (including phenoxy) is 3. The molecule has 1 aromatic carbocycles. The molecule has 1 unspecified atom stereocenters. The highest BCUT2D eigenvalue weighted by Crippen LogP contribution is 2.34. The number of nitrogens with one attached hydrogen (secondary N) is 1. The maximum absolute atomic E-state index is 14.9. The molecule has 1 aromatic rings. The van der Waals surface area contributed by atoms with Crippen LogP contribution < -0.4 is 15.1 Å². The Bertz CT molecular complexity index is 861. The lowest BCUT2D eigenvalue weighted by Crippen LogP contribution is -2.54. The molecule has 2 atom stereocenters. The fourth-order valence-corrected chi connectivity index (χ4v) is 3.54. The van der Waals surface area contributed by atoms with Crippen LogP contribution in [0.4, 0.5) is 30.1 Å². The molecular weight excluding hydrogens is 423 g/mol. The van der Waals surface area contributed by atoms with Gasteiger partial charge in [-0.1, -0.05) is 12.1 Å². The number of rotatable bonds is 4. The molecule has 32 heavy (non-hydrogen) atoms. The van der Waals surface area contributed by atoms with E-state index in [1.807, 2.05) is 0 Å². The van der Waals surface area contributed by atoms with Gasteiger partial charge in [0.25, 0.3) is 0 Å². The summed E-state index contributed by atoms with van der Waals surface area (Å²) < 4.78 is 30.0. The standard InChI is InChI=1S/C21H29FN4O6/c1-21(2,3)32-20(29)25-10-9-24(13-17(25)22)15-7-5-6-8-16(15)26-12-14(31-19(26)28)11-23-18(27)30-4/h5-8,14,17H,9-13H2,1-4H3,(H,23,27)/t14?,17-/m1/s1. The van der Waals surface area contributed by atoms with Crippen molar-refractivity contribution in [1.29, 1.82) is 0 Å². The smallest absolute Gasteiger partial charge is 0.414 e. The molecule has 10 nitrogen and oxygen atoms in total. The summed E-state index contributed by atoms with van der Waals surface area (Å²) in [4.78, 5) is 40.3. The lowest BCUT2D eigenvalue weighted by atomic mass is 10.2. The van der Waals surface area contributed by atoms with Crippen LogP contribution in [-0.4, -0.2) is 81.0 Å². The fourth-order valence-electron chi connectivity index (χ4n) is 3.54. The number of amides is 3. The normalized spacial score (nSPS) is 21.3. The van der Waals surface area contributed by atoms with Gasteiger partial charge in [-0.2, -0.15) is 0 Å². The molecule has 0 aliphatic carbocycles. The van der Waals surface area contributed by atoms with Gasteiger partial charge in [-0.15, -0.1) is 0 Å². The first kappa shape index (κ1) is 23.4. The number of methoxy groups -OCH3 is 1. The molecule has 3 amide bonds. The average Bonchev–Trinajstić information content (AvgIpc) is 3.10. The van der Waals surface area contributed by atoms with E-state index < -0.39 is 36.3 Å². The van der Waals surface area contributed by atoms with Gasteiger partial charge in [-0.25, -0.2) is 18.8 Å². The number of alkyl halides is 1. The first-order chi connectivity index (χ1) is 15.1. The summed E-state index contributed by atoms with van der Waals surface area (Å²) in [6.07, 6.45) is -3.97. The maximum atomic E-state index is 14.9. The van der Waals surface area contributed by atoms with Crippen LogP contribution in [0.25, 0.3) is 0 Å². The van der Waals surface area contributed by atoms with Gasteiger partial charge in [0.2, 0.25) is 0 Å². The van der Waals surface area contributed by atoms with Crippen LogP contribution >= 0.6 is 0 Å². The van der Waals surface area contributed by atoms with Crippen LogP contribution in [0, 0.1) is 0 Å². The van der Waals surface area contributed by atoms with Crippen molar-refractivity contribution in [3.63, 3.8) is 0 Å². The van der Waals surface area contributed by atoms with Crippen molar-refractivity contribution in [2.24, 2.45) is 0 Å². The van der Waals surface area contributed by atoms with E-state index in [-0.39, 0.29) is 26.2 Å². The molecule has 0 spiro atoms. The Labute approximate surface area is 186 Å². The minimum absolute atomic E-state index is 0.0630. The lowest BCUT2D eigenvalue weighted by Gasteiger charge is -2.40. The second-order valence-electron chi connectivity index (χ2n) is 8.53. The minimum Gasteiger partial charge on any atom is -0.453 e. The minimum atomic E-state index is -1.56. The van der Waals surface area contributed by atoms with Crippen LogP contribution in [0.2, 0.25) is 0 Å². The first-order valence-electron chi connectivity index (χ1n) is 10.4. The Hall–Kier alpha value is -3.24. The Kier molecular flexibility index (Phi) is 6.95. The molecule has 0 bridgehead atoms. The zero-order chi connectivity index (χ0) is 23.5. The first-order valence-corrected chi connectivity index (χ1v) is 10.4. The van der Waals surface area contributed by atoms with Crippen molar-refractivity contribution in [2.75, 3.05) is 49.6 Å². The third kappa shape index (κ3) is 5.51. The number of halogens is 1.